The van der Waals surface area contributed by atoms with Crippen LogP contribution in [0.2, 0.25) is 0 Å². The number of amides is 2. The fourth-order valence-electron chi connectivity index (χ4n) is 5.88. The molecular formula is C40H44N2O7S. The average molecular weight is 697 g/mol. The molecule has 3 atom stereocenters. The Labute approximate surface area is 297 Å². The van der Waals surface area contributed by atoms with Gasteiger partial charge >= 0.3 is 5.97 Å². The molecule has 10 heteroatoms. The summed E-state index contributed by atoms with van der Waals surface area (Å²) in [6, 6.07) is 30.8. The number of carboxylic acids is 1. The highest BCUT2D eigenvalue weighted by atomic mass is 32.2. The first-order valence-electron chi connectivity index (χ1n) is 17.0. The molecule has 0 saturated carbocycles. The van der Waals surface area contributed by atoms with Crippen molar-refractivity contribution in [2.45, 2.75) is 75.6 Å². The number of benzene rings is 4. The van der Waals surface area contributed by atoms with Gasteiger partial charge in [-0.2, -0.15) is 0 Å². The van der Waals surface area contributed by atoms with Gasteiger partial charge in [0.25, 0.3) is 0 Å². The highest BCUT2D eigenvalue weighted by Gasteiger charge is 2.32. The first kappa shape index (κ1) is 36.8. The molecule has 9 nitrogen and oxygen atoms in total. The van der Waals surface area contributed by atoms with Crippen LogP contribution in [0.5, 0.6) is 0 Å². The smallest absolute Gasteiger partial charge is 0.336 e. The maximum Gasteiger partial charge on any atom is 0.336 e. The maximum absolute atomic E-state index is 12.5. The number of aromatic carboxylic acids is 1. The molecule has 5 rings (SSSR count). The van der Waals surface area contributed by atoms with Gasteiger partial charge < -0.3 is 30.3 Å². The van der Waals surface area contributed by atoms with Crippen molar-refractivity contribution >= 4 is 29.5 Å². The number of carboxylic acid groups (broad SMARTS) is 1. The molecule has 262 valence electrons. The molecule has 4 N–H and O–H groups in total. The van der Waals surface area contributed by atoms with Crippen LogP contribution in [-0.4, -0.2) is 46.4 Å². The number of carbonyl (C=O) groups is 3. The molecule has 0 unspecified atom stereocenters. The molecule has 1 saturated heterocycles. The molecule has 0 aliphatic carbocycles. The zero-order valence-electron chi connectivity index (χ0n) is 28.2. The van der Waals surface area contributed by atoms with Crippen LogP contribution in [0.1, 0.15) is 84.0 Å². The lowest BCUT2D eigenvalue weighted by Crippen LogP contribution is -2.31. The summed E-state index contributed by atoms with van der Waals surface area (Å²) in [7, 11) is 0. The topological polar surface area (TPSA) is 134 Å². The number of aliphatic hydroxyl groups is 1. The van der Waals surface area contributed by atoms with E-state index in [0.717, 1.165) is 52.6 Å². The van der Waals surface area contributed by atoms with Crippen molar-refractivity contribution in [3.05, 3.63) is 125 Å². The SMILES string of the molecule is CC(=O)NCCCCCC(=O)NCc1ccccc1-c1ccc([C@@H]2O[C@H](CSc3ccccc3C(=O)O)C[C@H](c3ccc(CO)cc3)O2)cc1. The van der Waals surface area contributed by atoms with Gasteiger partial charge in [-0.25, -0.2) is 4.79 Å². The Bertz CT molecular complexity index is 1730. The van der Waals surface area contributed by atoms with Crippen LogP contribution in [0, 0.1) is 0 Å². The fourth-order valence-corrected chi connectivity index (χ4v) is 6.95. The van der Waals surface area contributed by atoms with E-state index in [4.69, 9.17) is 9.47 Å². The van der Waals surface area contributed by atoms with Crippen LogP contribution >= 0.6 is 11.8 Å². The maximum atomic E-state index is 12.5. The van der Waals surface area contributed by atoms with Crippen molar-refractivity contribution in [2.75, 3.05) is 12.3 Å². The van der Waals surface area contributed by atoms with Crippen LogP contribution in [0.15, 0.2) is 102 Å². The normalized spacial score (nSPS) is 17.2. The van der Waals surface area contributed by atoms with Gasteiger partial charge in [-0.05, 0) is 52.8 Å². The van der Waals surface area contributed by atoms with Gasteiger partial charge in [0.05, 0.1) is 24.4 Å². The van der Waals surface area contributed by atoms with Gasteiger partial charge in [-0.3, -0.25) is 9.59 Å². The van der Waals surface area contributed by atoms with Crippen molar-refractivity contribution in [3.63, 3.8) is 0 Å². The third-order valence-electron chi connectivity index (χ3n) is 8.60. The number of thioether (sulfide) groups is 1. The summed E-state index contributed by atoms with van der Waals surface area (Å²) in [4.78, 5) is 36.0. The molecule has 4 aromatic carbocycles. The molecule has 2 amide bonds. The van der Waals surface area contributed by atoms with Crippen molar-refractivity contribution in [2.24, 2.45) is 0 Å². The Morgan fingerprint density at radius 3 is 2.28 bits per heavy atom. The van der Waals surface area contributed by atoms with Gasteiger partial charge in [0.1, 0.15) is 0 Å². The zero-order chi connectivity index (χ0) is 35.3. The Balaban J connectivity index is 1.25. The molecular weight excluding hydrogens is 653 g/mol. The molecule has 1 heterocycles. The van der Waals surface area contributed by atoms with Crippen molar-refractivity contribution in [3.8, 4) is 11.1 Å². The number of hydrogen-bond acceptors (Lipinski definition) is 7. The van der Waals surface area contributed by atoms with Crippen LogP contribution in [0.4, 0.5) is 0 Å². The molecule has 1 fully saturated rings. The summed E-state index contributed by atoms with van der Waals surface area (Å²) in [6.07, 6.45) is 2.40. The lowest BCUT2D eigenvalue weighted by atomic mass is 9.97. The minimum absolute atomic E-state index is 0.000921. The minimum atomic E-state index is -0.962. The van der Waals surface area contributed by atoms with Crippen LogP contribution in [-0.2, 0) is 32.2 Å². The van der Waals surface area contributed by atoms with Crippen molar-refractivity contribution in [1.82, 2.24) is 10.6 Å². The van der Waals surface area contributed by atoms with Crippen molar-refractivity contribution < 1.29 is 34.1 Å². The van der Waals surface area contributed by atoms with Crippen LogP contribution in [0.3, 0.4) is 0 Å². The molecule has 50 heavy (non-hydrogen) atoms. The van der Waals surface area contributed by atoms with E-state index in [1.54, 1.807) is 12.1 Å². The number of aliphatic hydroxyl groups excluding tert-OH is 1. The lowest BCUT2D eigenvalue weighted by molar-refractivity contribution is -0.245. The van der Waals surface area contributed by atoms with Crippen molar-refractivity contribution in [1.29, 1.82) is 0 Å². The lowest BCUT2D eigenvalue weighted by Gasteiger charge is -2.36. The quantitative estimate of drug-likeness (QED) is 0.0715. The number of hydrogen-bond donors (Lipinski definition) is 4. The monoisotopic (exact) mass is 696 g/mol. The van der Waals surface area contributed by atoms with E-state index in [1.165, 1.54) is 18.7 Å². The van der Waals surface area contributed by atoms with E-state index in [9.17, 15) is 24.6 Å². The van der Waals surface area contributed by atoms with E-state index >= 15 is 0 Å². The predicted octanol–water partition coefficient (Wildman–Crippen LogP) is 7.19. The summed E-state index contributed by atoms with van der Waals surface area (Å²) in [5.74, 6) is -0.454. The summed E-state index contributed by atoms with van der Waals surface area (Å²) in [6.45, 7) is 2.51. The molecule has 0 aromatic heterocycles. The summed E-state index contributed by atoms with van der Waals surface area (Å²) in [5.41, 5.74) is 5.96. The van der Waals surface area contributed by atoms with E-state index in [-0.39, 0.29) is 36.2 Å². The summed E-state index contributed by atoms with van der Waals surface area (Å²) >= 11 is 1.46. The van der Waals surface area contributed by atoms with Gasteiger partial charge in [-0.1, -0.05) is 91.3 Å². The highest BCUT2D eigenvalue weighted by Crippen LogP contribution is 2.40. The van der Waals surface area contributed by atoms with E-state index in [0.29, 0.717) is 36.6 Å². The van der Waals surface area contributed by atoms with Gasteiger partial charge in [0.15, 0.2) is 6.29 Å². The van der Waals surface area contributed by atoms with E-state index in [1.807, 2.05) is 84.9 Å². The largest absolute Gasteiger partial charge is 0.478 e. The molecule has 0 spiro atoms. The van der Waals surface area contributed by atoms with E-state index in [2.05, 4.69) is 10.6 Å². The molecule has 1 aliphatic rings. The number of unbranched alkanes of at least 4 members (excludes halogenated alkanes) is 2. The first-order valence-corrected chi connectivity index (χ1v) is 17.9. The second-order valence-corrected chi connectivity index (χ2v) is 13.4. The third kappa shape index (κ3) is 10.5. The van der Waals surface area contributed by atoms with Crippen LogP contribution in [0.25, 0.3) is 11.1 Å². The first-order chi connectivity index (χ1) is 24.3. The van der Waals surface area contributed by atoms with E-state index < -0.39 is 12.3 Å². The second-order valence-electron chi connectivity index (χ2n) is 12.3. The minimum Gasteiger partial charge on any atom is -0.478 e. The van der Waals surface area contributed by atoms with Gasteiger partial charge in [0.2, 0.25) is 11.8 Å². The third-order valence-corrected chi connectivity index (χ3v) is 9.80. The fraction of sp³-hybridized carbons (Fsp3) is 0.325. The number of ether oxygens (including phenoxy) is 2. The summed E-state index contributed by atoms with van der Waals surface area (Å²) < 4.78 is 13.0. The zero-order valence-corrected chi connectivity index (χ0v) is 29.0. The molecule has 0 bridgehead atoms. The predicted molar refractivity (Wildman–Crippen MR) is 193 cm³/mol. The highest BCUT2D eigenvalue weighted by molar-refractivity contribution is 7.99. The Morgan fingerprint density at radius 2 is 1.54 bits per heavy atom. The summed E-state index contributed by atoms with van der Waals surface area (Å²) in [5, 5.41) is 25.0. The standard InChI is InChI=1S/C40H44N2O7S/c1-27(44)41-22-8-2-3-13-38(45)42-24-32-9-4-5-10-34(32)29-18-20-31(21-19-29)40-48-33(26-50-37-12-7-6-11-35(37)39(46)47)23-36(49-40)30-16-14-28(25-43)15-17-30/h4-7,9-12,14-21,33,36,40,43H,2-3,8,13,22-26H2,1H3,(H,41,44)(H,42,45)(H,46,47)/t33-,36+,40+/m0/s1. The Morgan fingerprint density at radius 1 is 0.820 bits per heavy atom. The second kappa shape index (κ2) is 18.5. The Kier molecular flexibility index (Phi) is 13.6. The van der Waals surface area contributed by atoms with Gasteiger partial charge in [0, 0.05) is 49.1 Å². The molecule has 4 aromatic rings. The average Bonchev–Trinajstić information content (AvgIpc) is 3.14. The Hall–Kier alpha value is -4.48. The number of rotatable bonds is 16. The number of carbonyl (C=O) groups excluding carboxylic acids is 2. The number of nitrogens with one attached hydrogen (secondary N) is 2. The van der Waals surface area contributed by atoms with Crippen LogP contribution < -0.4 is 10.6 Å². The van der Waals surface area contributed by atoms with Gasteiger partial charge in [-0.15, -0.1) is 11.8 Å². The molecule has 1 aliphatic heterocycles. The molecule has 0 radical (unpaired) electrons.